The van der Waals surface area contributed by atoms with Crippen LogP contribution in [0.1, 0.15) is 15.9 Å². The van der Waals surface area contributed by atoms with Crippen molar-refractivity contribution >= 4 is 11.8 Å². The summed E-state index contributed by atoms with van der Waals surface area (Å²) < 4.78 is 47.8. The Labute approximate surface area is 110 Å². The molecule has 9 heteroatoms. The van der Waals surface area contributed by atoms with E-state index in [0.717, 1.165) is 12.4 Å². The van der Waals surface area contributed by atoms with Crippen molar-refractivity contribution in [3.05, 3.63) is 35.8 Å². The molecule has 0 unspecified atom stereocenters. The van der Waals surface area contributed by atoms with Crippen molar-refractivity contribution in [2.24, 2.45) is 0 Å². The number of nitrogens with zero attached hydrogens (tertiary/aromatic N) is 2. The van der Waals surface area contributed by atoms with Gasteiger partial charge in [0, 0.05) is 12.4 Å². The Morgan fingerprint density at radius 3 is 2.80 bits per heavy atom. The molecule has 2 aromatic heterocycles. The summed E-state index contributed by atoms with van der Waals surface area (Å²) in [4.78, 5) is 15.4. The Bertz CT molecular complexity index is 625. The number of methoxy groups -OCH3 is 1. The molecule has 2 rings (SSSR count). The van der Waals surface area contributed by atoms with Gasteiger partial charge >= 0.3 is 6.18 Å². The van der Waals surface area contributed by atoms with Gasteiger partial charge in [-0.1, -0.05) is 5.16 Å². The van der Waals surface area contributed by atoms with E-state index < -0.39 is 23.2 Å². The molecule has 2 heterocycles. The van der Waals surface area contributed by atoms with Gasteiger partial charge in [-0.2, -0.15) is 13.2 Å². The van der Waals surface area contributed by atoms with Crippen molar-refractivity contribution in [2.75, 3.05) is 12.4 Å². The summed E-state index contributed by atoms with van der Waals surface area (Å²) >= 11 is 0. The second kappa shape index (κ2) is 5.19. The molecule has 0 aliphatic rings. The fraction of sp³-hybridized carbons (Fsp3) is 0.182. The van der Waals surface area contributed by atoms with Crippen molar-refractivity contribution in [1.29, 1.82) is 0 Å². The molecule has 0 spiro atoms. The smallest absolute Gasteiger partial charge is 0.417 e. The lowest BCUT2D eigenvalue weighted by atomic mass is 10.1. The predicted molar refractivity (Wildman–Crippen MR) is 60.2 cm³/mol. The first-order chi connectivity index (χ1) is 9.43. The minimum Gasteiger partial charge on any atom is -0.490 e. The summed E-state index contributed by atoms with van der Waals surface area (Å²) in [6, 6.07) is 0.715. The van der Waals surface area contributed by atoms with Crippen molar-refractivity contribution in [3.8, 4) is 5.75 Å². The van der Waals surface area contributed by atoms with E-state index >= 15 is 0 Å². The van der Waals surface area contributed by atoms with Gasteiger partial charge in [0.2, 0.25) is 5.75 Å². The number of nitrogens with one attached hydrogen (secondary N) is 1. The van der Waals surface area contributed by atoms with Gasteiger partial charge < -0.3 is 9.26 Å². The molecule has 0 aliphatic heterocycles. The van der Waals surface area contributed by atoms with Crippen LogP contribution < -0.4 is 10.1 Å². The number of alkyl halides is 3. The second-order valence-corrected chi connectivity index (χ2v) is 3.60. The van der Waals surface area contributed by atoms with Crippen LogP contribution in [0.15, 0.2) is 29.2 Å². The minimum absolute atomic E-state index is 0.0933. The molecule has 1 N–H and O–H groups in total. The van der Waals surface area contributed by atoms with E-state index in [9.17, 15) is 18.0 Å². The molecule has 2 aromatic rings. The largest absolute Gasteiger partial charge is 0.490 e. The molecule has 0 fully saturated rings. The van der Waals surface area contributed by atoms with Gasteiger partial charge in [-0.25, -0.2) is 0 Å². The van der Waals surface area contributed by atoms with Crippen LogP contribution in [0.4, 0.5) is 19.1 Å². The van der Waals surface area contributed by atoms with E-state index in [1.807, 2.05) is 0 Å². The standard InChI is InChI=1S/C11H8F3N3O3/c1-19-8-5-16-20-10(8)17-9(18)6-4-15-3-2-7(6)11(12,13)14/h2-5H,1H3,(H,17,18). The SMILES string of the molecule is COc1cnoc1NC(=O)c1cnccc1C(F)(F)F. The Kier molecular flexibility index (Phi) is 3.59. The van der Waals surface area contributed by atoms with Crippen molar-refractivity contribution < 1.29 is 27.2 Å². The number of anilines is 1. The number of amides is 1. The monoisotopic (exact) mass is 287 g/mol. The number of ether oxygens (including phenoxy) is 1. The highest BCUT2D eigenvalue weighted by atomic mass is 19.4. The zero-order valence-corrected chi connectivity index (χ0v) is 10.1. The Morgan fingerprint density at radius 1 is 1.40 bits per heavy atom. The third-order valence-electron chi connectivity index (χ3n) is 2.36. The molecule has 106 valence electrons. The zero-order chi connectivity index (χ0) is 14.8. The number of carbonyl (C=O) groups excluding carboxylic acids is 1. The maximum atomic E-state index is 12.8. The number of rotatable bonds is 3. The summed E-state index contributed by atoms with van der Waals surface area (Å²) in [5, 5.41) is 5.50. The van der Waals surface area contributed by atoms with Crippen molar-refractivity contribution in [2.45, 2.75) is 6.18 Å². The summed E-state index contributed by atoms with van der Waals surface area (Å²) in [6.07, 6.45) is -1.72. The van der Waals surface area contributed by atoms with Crippen LogP contribution in [0.3, 0.4) is 0 Å². The molecule has 0 atom stereocenters. The molecule has 0 aromatic carbocycles. The number of pyridine rings is 1. The quantitative estimate of drug-likeness (QED) is 0.937. The molecule has 0 aliphatic carbocycles. The van der Waals surface area contributed by atoms with E-state index in [-0.39, 0.29) is 11.6 Å². The van der Waals surface area contributed by atoms with E-state index in [2.05, 4.69) is 20.0 Å². The Hall–Kier alpha value is -2.58. The maximum absolute atomic E-state index is 12.8. The van der Waals surface area contributed by atoms with Crippen LogP contribution in [0.25, 0.3) is 0 Å². The van der Waals surface area contributed by atoms with Gasteiger partial charge in [-0.3, -0.25) is 15.1 Å². The second-order valence-electron chi connectivity index (χ2n) is 3.60. The van der Waals surface area contributed by atoms with Gasteiger partial charge in [-0.15, -0.1) is 0 Å². The lowest BCUT2D eigenvalue weighted by Crippen LogP contribution is -2.19. The molecule has 0 saturated carbocycles. The molecular weight excluding hydrogens is 279 g/mol. The number of carbonyl (C=O) groups is 1. The molecule has 20 heavy (non-hydrogen) atoms. The van der Waals surface area contributed by atoms with Gasteiger partial charge in [-0.05, 0) is 6.07 Å². The third kappa shape index (κ3) is 2.71. The van der Waals surface area contributed by atoms with Crippen LogP contribution in [0.2, 0.25) is 0 Å². The first-order valence-electron chi connectivity index (χ1n) is 5.24. The molecule has 0 saturated heterocycles. The Morgan fingerprint density at radius 2 is 2.15 bits per heavy atom. The first-order valence-corrected chi connectivity index (χ1v) is 5.24. The van der Waals surface area contributed by atoms with Crippen molar-refractivity contribution in [3.63, 3.8) is 0 Å². The fourth-order valence-corrected chi connectivity index (χ4v) is 1.45. The number of hydrogen-bond donors (Lipinski definition) is 1. The van der Waals surface area contributed by atoms with Crippen LogP contribution in [-0.2, 0) is 6.18 Å². The van der Waals surface area contributed by atoms with Crippen LogP contribution >= 0.6 is 0 Å². The van der Waals surface area contributed by atoms with Crippen molar-refractivity contribution in [1.82, 2.24) is 10.1 Å². The summed E-state index contributed by atoms with van der Waals surface area (Å²) in [6.45, 7) is 0. The molecule has 1 amide bonds. The fourth-order valence-electron chi connectivity index (χ4n) is 1.45. The molecule has 0 radical (unpaired) electrons. The van der Waals surface area contributed by atoms with E-state index in [4.69, 9.17) is 4.74 Å². The van der Waals surface area contributed by atoms with Gasteiger partial charge in [0.15, 0.2) is 0 Å². The summed E-state index contributed by atoms with van der Waals surface area (Å²) in [5.41, 5.74) is -1.72. The molecule has 6 nitrogen and oxygen atoms in total. The summed E-state index contributed by atoms with van der Waals surface area (Å²) in [5.74, 6) is -1.12. The predicted octanol–water partition coefficient (Wildman–Crippen LogP) is 2.35. The van der Waals surface area contributed by atoms with Gasteiger partial charge in [0.1, 0.15) is 6.20 Å². The highest BCUT2D eigenvalue weighted by Gasteiger charge is 2.35. The lowest BCUT2D eigenvalue weighted by Gasteiger charge is -2.11. The number of aromatic nitrogens is 2. The lowest BCUT2D eigenvalue weighted by molar-refractivity contribution is -0.138. The highest BCUT2D eigenvalue weighted by Crippen LogP contribution is 2.32. The number of hydrogen-bond acceptors (Lipinski definition) is 5. The molecular formula is C11H8F3N3O3. The number of halogens is 3. The van der Waals surface area contributed by atoms with Crippen LogP contribution in [0.5, 0.6) is 5.75 Å². The van der Waals surface area contributed by atoms with Gasteiger partial charge in [0.05, 0.1) is 18.2 Å². The normalized spacial score (nSPS) is 11.2. The summed E-state index contributed by atoms with van der Waals surface area (Å²) in [7, 11) is 1.30. The maximum Gasteiger partial charge on any atom is 0.417 e. The van der Waals surface area contributed by atoms with E-state index in [1.165, 1.54) is 13.3 Å². The Balaban J connectivity index is 2.31. The average molecular weight is 287 g/mol. The van der Waals surface area contributed by atoms with Crippen LogP contribution in [-0.4, -0.2) is 23.2 Å². The van der Waals surface area contributed by atoms with Crippen LogP contribution in [0, 0.1) is 0 Å². The molecule has 0 bridgehead atoms. The highest BCUT2D eigenvalue weighted by molar-refractivity contribution is 6.05. The van der Waals surface area contributed by atoms with E-state index in [0.29, 0.717) is 6.07 Å². The third-order valence-corrected chi connectivity index (χ3v) is 2.36. The first kappa shape index (κ1) is 13.8. The van der Waals surface area contributed by atoms with E-state index in [1.54, 1.807) is 0 Å². The minimum atomic E-state index is -4.67. The zero-order valence-electron chi connectivity index (χ0n) is 10.1. The topological polar surface area (TPSA) is 77.3 Å². The van der Waals surface area contributed by atoms with Gasteiger partial charge in [0.25, 0.3) is 11.8 Å². The average Bonchev–Trinajstić information content (AvgIpc) is 2.85.